The largest absolute Gasteiger partial charge is 0.558 e. The Morgan fingerprint density at radius 1 is 0.947 bits per heavy atom. The number of amides is 2. The first-order valence-corrected chi connectivity index (χ1v) is 10.6. The van der Waals surface area contributed by atoms with E-state index in [0.717, 1.165) is 25.7 Å². The highest BCUT2D eigenvalue weighted by molar-refractivity contribution is 7.62. The molecule has 0 aliphatic rings. The molecule has 0 aliphatic heterocycles. The number of unbranched alkanes of at least 4 members (excludes halogenated alkanes) is 3. The van der Waals surface area contributed by atoms with Gasteiger partial charge < -0.3 is 19.8 Å². The molecule has 0 spiro atoms. The zero-order valence-corrected chi connectivity index (χ0v) is 13.8. The van der Waals surface area contributed by atoms with Gasteiger partial charge in [-0.15, -0.1) is 0 Å². The summed E-state index contributed by atoms with van der Waals surface area (Å²) in [5, 5.41) is 5.06. The number of hydrogen-bond acceptors (Lipinski definition) is 4. The fourth-order valence-corrected chi connectivity index (χ4v) is 2.11. The first-order chi connectivity index (χ1) is 8.85. The lowest BCUT2D eigenvalue weighted by Gasteiger charge is -2.10. The van der Waals surface area contributed by atoms with Crippen molar-refractivity contribution in [3.8, 4) is 0 Å². The van der Waals surface area contributed by atoms with Crippen molar-refractivity contribution in [3.63, 3.8) is 0 Å². The highest BCUT2D eigenvalue weighted by atomic mass is 35.8. The van der Waals surface area contributed by atoms with Gasteiger partial charge in [0.05, 0.1) is 7.11 Å². The highest BCUT2D eigenvalue weighted by Crippen LogP contribution is 2.20. The van der Waals surface area contributed by atoms with Crippen LogP contribution in [0.4, 0.5) is 9.59 Å². The Morgan fingerprint density at radius 2 is 1.42 bits per heavy atom. The smallest absolute Gasteiger partial charge is 0.464 e. The minimum Gasteiger partial charge on any atom is -0.464 e. The molecule has 0 atom stereocenters. The van der Waals surface area contributed by atoms with Crippen molar-refractivity contribution < 1.29 is 18.8 Å². The molecule has 0 aliphatic carbocycles. The van der Waals surface area contributed by atoms with E-state index in [1.807, 2.05) is 0 Å². The van der Waals surface area contributed by atoms with Gasteiger partial charge >= 0.3 is 18.4 Å². The van der Waals surface area contributed by atoms with Crippen LogP contribution in [0, 0.1) is 0 Å². The second-order valence-electron chi connectivity index (χ2n) is 3.59. The lowest BCUT2D eigenvalue weighted by atomic mass is 10.2. The molecule has 0 rings (SSSR count). The average molecular weight is 352 g/mol. The van der Waals surface area contributed by atoms with Crippen LogP contribution >= 0.6 is 33.2 Å². The molecule has 0 saturated heterocycles. The van der Waals surface area contributed by atoms with Gasteiger partial charge in [-0.2, -0.15) is 0 Å². The molecule has 0 saturated carbocycles. The quantitative estimate of drug-likeness (QED) is 0.400. The molecule has 0 bridgehead atoms. The molecule has 6 nitrogen and oxygen atoms in total. The van der Waals surface area contributed by atoms with Gasteiger partial charge in [-0.1, -0.05) is 46.1 Å². The van der Waals surface area contributed by atoms with Crippen LogP contribution in [0.3, 0.4) is 0 Å². The molecular weight excluding hydrogens is 335 g/mol. The van der Waals surface area contributed by atoms with Crippen molar-refractivity contribution in [2.45, 2.75) is 25.7 Å². The first-order valence-electron chi connectivity index (χ1n) is 5.70. The molecular formula is C9H17Cl3N2O4Si. The van der Waals surface area contributed by atoms with Gasteiger partial charge in [0, 0.05) is 13.1 Å². The monoisotopic (exact) mass is 350 g/mol. The number of nitrogens with one attached hydrogen (secondary N) is 2. The van der Waals surface area contributed by atoms with Crippen LogP contribution in [0.15, 0.2) is 0 Å². The van der Waals surface area contributed by atoms with Crippen LogP contribution in [-0.2, 0) is 9.16 Å². The SMILES string of the molecule is COC(=O)NCCCCCCNC(=O)O[Si](Cl)(Cl)Cl. The van der Waals surface area contributed by atoms with Gasteiger partial charge in [0.1, 0.15) is 0 Å². The van der Waals surface area contributed by atoms with E-state index in [9.17, 15) is 9.59 Å². The molecule has 0 unspecified atom stereocenters. The van der Waals surface area contributed by atoms with E-state index < -0.39 is 18.4 Å². The van der Waals surface area contributed by atoms with Crippen LogP contribution in [0.1, 0.15) is 25.7 Å². The zero-order valence-electron chi connectivity index (χ0n) is 10.5. The molecule has 2 amide bonds. The second-order valence-corrected chi connectivity index (χ2v) is 11.2. The van der Waals surface area contributed by atoms with Gasteiger partial charge in [-0.25, -0.2) is 9.59 Å². The van der Waals surface area contributed by atoms with Crippen molar-refractivity contribution in [2.24, 2.45) is 0 Å². The van der Waals surface area contributed by atoms with Crippen molar-refractivity contribution in [1.82, 2.24) is 10.6 Å². The van der Waals surface area contributed by atoms with Crippen LogP contribution in [-0.4, -0.2) is 38.6 Å². The summed E-state index contributed by atoms with van der Waals surface area (Å²) in [7, 11) is 1.32. The van der Waals surface area contributed by atoms with Crippen LogP contribution in [0.2, 0.25) is 0 Å². The number of carbonyl (C=O) groups excluding carboxylic acids is 2. The van der Waals surface area contributed by atoms with E-state index >= 15 is 0 Å². The van der Waals surface area contributed by atoms with Gasteiger partial charge in [0.2, 0.25) is 0 Å². The number of rotatable bonds is 8. The summed E-state index contributed by atoms with van der Waals surface area (Å²) in [5.74, 6) is 0. The minimum absolute atomic E-state index is 0.430. The summed E-state index contributed by atoms with van der Waals surface area (Å²) in [5.41, 5.74) is 0. The molecule has 0 heterocycles. The van der Waals surface area contributed by atoms with E-state index in [1.165, 1.54) is 7.11 Å². The van der Waals surface area contributed by atoms with Gasteiger partial charge in [0.25, 0.3) is 0 Å². The number of hydrogen-bond donors (Lipinski definition) is 2. The van der Waals surface area contributed by atoms with Crippen molar-refractivity contribution in [1.29, 1.82) is 0 Å². The Morgan fingerprint density at radius 3 is 1.84 bits per heavy atom. The van der Waals surface area contributed by atoms with Crippen molar-refractivity contribution in [2.75, 3.05) is 20.2 Å². The molecule has 0 radical (unpaired) electrons. The summed E-state index contributed by atoms with van der Waals surface area (Å²) in [6, 6.07) is 0. The number of carbonyl (C=O) groups is 2. The summed E-state index contributed by atoms with van der Waals surface area (Å²) < 4.78 is 8.97. The highest BCUT2D eigenvalue weighted by Gasteiger charge is 2.32. The maximum absolute atomic E-state index is 11.1. The van der Waals surface area contributed by atoms with Gasteiger partial charge in [0.15, 0.2) is 0 Å². The van der Waals surface area contributed by atoms with Crippen LogP contribution in [0.5, 0.6) is 0 Å². The molecule has 112 valence electrons. The number of halogens is 3. The summed E-state index contributed by atoms with van der Waals surface area (Å²) in [4.78, 5) is 21.8. The lowest BCUT2D eigenvalue weighted by molar-refractivity contribution is 0.171. The molecule has 0 aromatic carbocycles. The second kappa shape index (κ2) is 10.4. The summed E-state index contributed by atoms with van der Waals surface area (Å²) >= 11 is 16.2. The fourth-order valence-electron chi connectivity index (χ4n) is 1.20. The van der Waals surface area contributed by atoms with Crippen molar-refractivity contribution >= 4 is 51.7 Å². The topological polar surface area (TPSA) is 76.7 Å². The summed E-state index contributed by atoms with van der Waals surface area (Å²) in [6.45, 7) is 1.03. The average Bonchev–Trinajstić information content (AvgIpc) is 2.29. The maximum Gasteiger partial charge on any atom is 0.558 e. The van der Waals surface area contributed by atoms with E-state index in [0.29, 0.717) is 13.1 Å². The van der Waals surface area contributed by atoms with E-state index in [-0.39, 0.29) is 0 Å². The summed E-state index contributed by atoms with van der Waals surface area (Å²) in [6.07, 6.45) is -1.03. The Labute approximate surface area is 127 Å². The van der Waals surface area contributed by atoms with Crippen molar-refractivity contribution in [3.05, 3.63) is 0 Å². The predicted octanol–water partition coefficient (Wildman–Crippen LogP) is 2.78. The number of methoxy groups -OCH3 is 1. The maximum atomic E-state index is 11.1. The lowest BCUT2D eigenvalue weighted by Crippen LogP contribution is -2.32. The Balaban J connectivity index is 3.32. The standard InChI is InChI=1S/C9H17Cl3N2O4Si/c1-17-8(15)13-6-4-2-3-5-7-14-9(16)18-19(10,11)12/h2-7H2,1H3,(H,13,15)(H,14,16). The number of alkyl carbamates (subject to hydrolysis) is 1. The molecule has 10 heteroatoms. The molecule has 0 aromatic rings. The molecule has 19 heavy (non-hydrogen) atoms. The third-order valence-electron chi connectivity index (χ3n) is 2.04. The predicted molar refractivity (Wildman–Crippen MR) is 76.7 cm³/mol. The van der Waals surface area contributed by atoms with Crippen LogP contribution < -0.4 is 10.6 Å². The molecule has 0 fully saturated rings. The Hall–Kier alpha value is -0.373. The van der Waals surface area contributed by atoms with Crippen LogP contribution in [0.25, 0.3) is 0 Å². The Kier molecular flexibility index (Phi) is 10.2. The van der Waals surface area contributed by atoms with Gasteiger partial charge in [-0.3, -0.25) is 0 Å². The van der Waals surface area contributed by atoms with E-state index in [4.69, 9.17) is 33.2 Å². The Bertz CT molecular complexity index is 289. The van der Waals surface area contributed by atoms with E-state index in [1.54, 1.807) is 0 Å². The third kappa shape index (κ3) is 13.9. The van der Waals surface area contributed by atoms with Gasteiger partial charge in [-0.05, 0) is 12.8 Å². The van der Waals surface area contributed by atoms with E-state index in [2.05, 4.69) is 19.8 Å². The zero-order chi connectivity index (χ0) is 14.7. The third-order valence-corrected chi connectivity index (χ3v) is 3.15. The minimum atomic E-state index is -3.37. The molecule has 0 aromatic heterocycles. The fraction of sp³-hybridized carbons (Fsp3) is 0.778. The number of ether oxygens (including phenoxy) is 1. The first kappa shape index (κ1) is 18.6. The normalized spacial score (nSPS) is 10.7. The molecule has 2 N–H and O–H groups in total.